The van der Waals surface area contributed by atoms with Gasteiger partial charge in [-0.1, -0.05) is 18.9 Å². The van der Waals surface area contributed by atoms with E-state index < -0.39 is 23.5 Å². The van der Waals surface area contributed by atoms with Gasteiger partial charge in [0.1, 0.15) is 17.3 Å². The zero-order valence-electron chi connectivity index (χ0n) is 14.6. The second kappa shape index (κ2) is 6.23. The molecule has 0 aromatic carbocycles. The van der Waals surface area contributed by atoms with Gasteiger partial charge in [0.2, 0.25) is 0 Å². The third-order valence-electron chi connectivity index (χ3n) is 5.69. The molecule has 2 fully saturated rings. The normalized spacial score (nSPS) is 25.3. The third kappa shape index (κ3) is 2.58. The zero-order chi connectivity index (χ0) is 18.4. The van der Waals surface area contributed by atoms with Crippen LogP contribution in [-0.2, 0) is 4.79 Å². The van der Waals surface area contributed by atoms with Crippen LogP contribution in [0.3, 0.4) is 0 Å². The van der Waals surface area contributed by atoms with Gasteiger partial charge >= 0.3 is 5.97 Å². The number of aliphatic carboxylic acids is 1. The van der Waals surface area contributed by atoms with Crippen molar-refractivity contribution in [1.29, 1.82) is 0 Å². The molecule has 1 aliphatic carbocycles. The molecular weight excluding hydrogens is 334 g/mol. The molecule has 136 valence electrons. The first-order valence-corrected chi connectivity index (χ1v) is 9.01. The number of carbonyl (C=O) groups is 2. The van der Waals surface area contributed by atoms with E-state index in [4.69, 9.17) is 0 Å². The number of carboxylic acid groups (broad SMARTS) is 1. The van der Waals surface area contributed by atoms with Crippen molar-refractivity contribution in [2.24, 2.45) is 5.92 Å². The average molecular weight is 355 g/mol. The van der Waals surface area contributed by atoms with E-state index in [2.05, 4.69) is 4.98 Å². The summed E-state index contributed by atoms with van der Waals surface area (Å²) in [6, 6.07) is 2.60. The van der Waals surface area contributed by atoms with Crippen LogP contribution in [0.15, 0.2) is 29.3 Å². The van der Waals surface area contributed by atoms with E-state index in [0.29, 0.717) is 12.1 Å². The topological polar surface area (TPSA) is 92.0 Å². The number of pyridine rings is 1. The largest absolute Gasteiger partial charge is 0.480 e. The minimum atomic E-state index is -1.00. The molecule has 3 unspecified atom stereocenters. The molecule has 26 heavy (non-hydrogen) atoms. The van der Waals surface area contributed by atoms with E-state index in [9.17, 15) is 19.5 Å². The van der Waals surface area contributed by atoms with Gasteiger partial charge in [0, 0.05) is 18.4 Å². The lowest BCUT2D eigenvalue weighted by Crippen LogP contribution is -2.47. The molecule has 2 aliphatic rings. The number of hydrogen-bond donors (Lipinski definition) is 1. The van der Waals surface area contributed by atoms with Crippen molar-refractivity contribution in [3.63, 3.8) is 0 Å². The van der Waals surface area contributed by atoms with E-state index in [0.717, 1.165) is 31.2 Å². The van der Waals surface area contributed by atoms with Crippen LogP contribution in [0.1, 0.15) is 48.0 Å². The molecule has 1 N–H and O–H groups in total. The van der Waals surface area contributed by atoms with Crippen LogP contribution in [0.2, 0.25) is 0 Å². The number of rotatable bonds is 2. The van der Waals surface area contributed by atoms with Crippen LogP contribution in [0.4, 0.5) is 0 Å². The fraction of sp³-hybridized carbons (Fsp3) is 0.474. The molecule has 4 rings (SSSR count). The minimum Gasteiger partial charge on any atom is -0.480 e. The van der Waals surface area contributed by atoms with Gasteiger partial charge in [0.05, 0.1) is 0 Å². The fourth-order valence-corrected chi connectivity index (χ4v) is 4.44. The number of nitrogens with zero attached hydrogens (tertiary/aromatic N) is 3. The monoisotopic (exact) mass is 355 g/mol. The van der Waals surface area contributed by atoms with Crippen LogP contribution < -0.4 is 5.56 Å². The number of carbonyl (C=O) groups excluding carboxylic acids is 1. The molecule has 1 aliphatic heterocycles. The number of hydrogen-bond acceptors (Lipinski definition) is 4. The summed E-state index contributed by atoms with van der Waals surface area (Å²) < 4.78 is 1.35. The van der Waals surface area contributed by atoms with Crippen LogP contribution >= 0.6 is 0 Å². The van der Waals surface area contributed by atoms with Crippen molar-refractivity contribution >= 4 is 17.5 Å². The quantitative estimate of drug-likeness (QED) is 0.888. The molecule has 0 radical (unpaired) electrons. The molecule has 1 saturated carbocycles. The summed E-state index contributed by atoms with van der Waals surface area (Å²) in [6.07, 6.45) is 7.16. The Labute approximate surface area is 150 Å². The maximum absolute atomic E-state index is 13.2. The number of aromatic nitrogens is 2. The first-order valence-electron chi connectivity index (χ1n) is 9.01. The van der Waals surface area contributed by atoms with Gasteiger partial charge in [-0.3, -0.25) is 14.0 Å². The summed E-state index contributed by atoms with van der Waals surface area (Å²) in [6.45, 7) is 1.86. The number of likely N-dealkylation sites (tertiary alicyclic amines) is 1. The van der Waals surface area contributed by atoms with Crippen molar-refractivity contribution < 1.29 is 14.7 Å². The Morgan fingerprint density at radius 1 is 1.23 bits per heavy atom. The summed E-state index contributed by atoms with van der Waals surface area (Å²) >= 11 is 0. The highest BCUT2D eigenvalue weighted by atomic mass is 16.4. The smallest absolute Gasteiger partial charge is 0.326 e. The highest BCUT2D eigenvalue weighted by Crippen LogP contribution is 2.40. The zero-order valence-corrected chi connectivity index (χ0v) is 14.6. The Morgan fingerprint density at radius 2 is 2.00 bits per heavy atom. The molecule has 1 amide bonds. The highest BCUT2D eigenvalue weighted by Gasteiger charge is 2.48. The lowest BCUT2D eigenvalue weighted by atomic mass is 9.84. The molecule has 7 heteroatoms. The highest BCUT2D eigenvalue weighted by molar-refractivity contribution is 5.97. The fourth-order valence-electron chi connectivity index (χ4n) is 4.44. The van der Waals surface area contributed by atoms with Crippen molar-refractivity contribution in [1.82, 2.24) is 14.3 Å². The number of amides is 1. The predicted octanol–water partition coefficient (Wildman–Crippen LogP) is 1.86. The van der Waals surface area contributed by atoms with Gasteiger partial charge in [-0.25, -0.2) is 9.78 Å². The second-order valence-corrected chi connectivity index (χ2v) is 7.33. The van der Waals surface area contributed by atoms with Crippen molar-refractivity contribution in [2.75, 3.05) is 0 Å². The average Bonchev–Trinajstić information content (AvgIpc) is 3.02. The third-order valence-corrected chi connectivity index (χ3v) is 5.69. The Kier molecular flexibility index (Phi) is 4.01. The van der Waals surface area contributed by atoms with Crippen molar-refractivity contribution in [3.8, 4) is 0 Å². The van der Waals surface area contributed by atoms with E-state index in [1.165, 1.54) is 15.5 Å². The Hall–Kier alpha value is -2.70. The SMILES string of the molecule is Cc1ccc2ncc(C(=O)N3C(C(=O)O)CC4CCCCC43)c(=O)n2c1. The predicted molar refractivity (Wildman–Crippen MR) is 94.2 cm³/mol. The number of carboxylic acids is 1. The van der Waals surface area contributed by atoms with Crippen LogP contribution in [0.5, 0.6) is 0 Å². The lowest BCUT2D eigenvalue weighted by Gasteiger charge is -2.32. The Morgan fingerprint density at radius 3 is 2.77 bits per heavy atom. The second-order valence-electron chi connectivity index (χ2n) is 7.33. The summed E-state index contributed by atoms with van der Waals surface area (Å²) in [5.74, 6) is -1.31. The van der Waals surface area contributed by atoms with Gasteiger partial charge in [-0.05, 0) is 43.7 Å². The van der Waals surface area contributed by atoms with Gasteiger partial charge in [-0.15, -0.1) is 0 Å². The molecule has 7 nitrogen and oxygen atoms in total. The van der Waals surface area contributed by atoms with Crippen molar-refractivity contribution in [3.05, 3.63) is 46.0 Å². The standard InChI is InChI=1S/C19H21N3O4/c1-11-6-7-16-20-9-13(17(23)21(16)10-11)18(24)22-14-5-3-2-4-12(14)8-15(22)19(25)26/h6-7,9-10,12,14-15H,2-5,8H2,1H3,(H,25,26). The van der Waals surface area contributed by atoms with E-state index in [-0.39, 0.29) is 17.5 Å². The van der Waals surface area contributed by atoms with Gasteiger partial charge in [0.25, 0.3) is 11.5 Å². The summed E-state index contributed by atoms with van der Waals surface area (Å²) in [4.78, 5) is 43.4. The summed E-state index contributed by atoms with van der Waals surface area (Å²) in [5.41, 5.74) is 0.824. The first kappa shape index (κ1) is 16.8. The van der Waals surface area contributed by atoms with Gasteiger partial charge < -0.3 is 10.0 Å². The Balaban J connectivity index is 1.78. The minimum absolute atomic E-state index is 0.0643. The molecule has 2 aromatic rings. The number of fused-ring (bicyclic) bond motifs is 2. The lowest BCUT2D eigenvalue weighted by molar-refractivity contribution is -0.141. The molecule has 2 aromatic heterocycles. The number of aryl methyl sites for hydroxylation is 1. The molecule has 0 spiro atoms. The summed E-state index contributed by atoms with van der Waals surface area (Å²) in [5, 5.41) is 9.61. The molecule has 0 bridgehead atoms. The van der Waals surface area contributed by atoms with Gasteiger partial charge in [0.15, 0.2) is 0 Å². The molecular formula is C19H21N3O4. The van der Waals surface area contributed by atoms with Crippen LogP contribution in [0, 0.1) is 12.8 Å². The van der Waals surface area contributed by atoms with Crippen LogP contribution in [0.25, 0.3) is 5.65 Å². The van der Waals surface area contributed by atoms with Crippen LogP contribution in [-0.4, -0.2) is 43.4 Å². The van der Waals surface area contributed by atoms with E-state index >= 15 is 0 Å². The van der Waals surface area contributed by atoms with E-state index in [1.807, 2.05) is 13.0 Å². The molecule has 3 atom stereocenters. The first-order chi connectivity index (χ1) is 12.5. The van der Waals surface area contributed by atoms with Gasteiger partial charge in [-0.2, -0.15) is 0 Å². The summed E-state index contributed by atoms with van der Waals surface area (Å²) in [7, 11) is 0. The maximum atomic E-state index is 13.2. The van der Waals surface area contributed by atoms with Crippen molar-refractivity contribution in [2.45, 2.75) is 51.1 Å². The maximum Gasteiger partial charge on any atom is 0.326 e. The molecule has 3 heterocycles. The molecule has 1 saturated heterocycles. The van der Waals surface area contributed by atoms with E-state index in [1.54, 1.807) is 12.3 Å². The Bertz CT molecular complexity index is 951.